The lowest BCUT2D eigenvalue weighted by atomic mass is 9.90. The van der Waals surface area contributed by atoms with Crippen molar-refractivity contribution in [2.75, 3.05) is 0 Å². The van der Waals surface area contributed by atoms with E-state index >= 15 is 0 Å². The molecule has 1 unspecified atom stereocenters. The zero-order chi connectivity index (χ0) is 13.9. The molecule has 0 radical (unpaired) electrons. The Bertz CT molecular complexity index is 514. The van der Waals surface area contributed by atoms with Crippen molar-refractivity contribution in [3.8, 4) is 0 Å². The zero-order valence-electron chi connectivity index (χ0n) is 12.0. The molecule has 19 heavy (non-hydrogen) atoms. The lowest BCUT2D eigenvalue weighted by Gasteiger charge is -2.25. The molecular formula is C16H23N3. The van der Waals surface area contributed by atoms with Gasteiger partial charge in [0.05, 0.1) is 24.3 Å². The Labute approximate surface area is 115 Å². The van der Waals surface area contributed by atoms with Crippen LogP contribution in [0.3, 0.4) is 0 Å². The molecule has 0 spiro atoms. The predicted octanol–water partition coefficient (Wildman–Crippen LogP) is 3.37. The van der Waals surface area contributed by atoms with Crippen molar-refractivity contribution >= 4 is 0 Å². The van der Waals surface area contributed by atoms with Crippen LogP contribution in [0.5, 0.6) is 0 Å². The van der Waals surface area contributed by atoms with Gasteiger partial charge in [0.1, 0.15) is 0 Å². The molecule has 1 aromatic carbocycles. The fourth-order valence-electron chi connectivity index (χ4n) is 2.13. The summed E-state index contributed by atoms with van der Waals surface area (Å²) < 4.78 is 2.18. The second-order valence-electron chi connectivity index (χ2n) is 5.85. The Kier molecular flexibility index (Phi) is 4.05. The molecule has 0 fully saturated rings. The molecule has 0 aliphatic rings. The van der Waals surface area contributed by atoms with Crippen molar-refractivity contribution in [2.45, 2.75) is 39.8 Å². The van der Waals surface area contributed by atoms with Crippen molar-refractivity contribution in [3.63, 3.8) is 0 Å². The Morgan fingerprint density at radius 3 is 2.58 bits per heavy atom. The van der Waals surface area contributed by atoms with Gasteiger partial charge < -0.3 is 10.3 Å². The quantitative estimate of drug-likeness (QED) is 0.892. The average Bonchev–Trinajstić information content (AvgIpc) is 2.86. The van der Waals surface area contributed by atoms with Gasteiger partial charge in [0, 0.05) is 6.54 Å². The van der Waals surface area contributed by atoms with E-state index in [1.54, 1.807) is 0 Å². The molecule has 2 N–H and O–H groups in total. The van der Waals surface area contributed by atoms with Crippen LogP contribution in [0, 0.1) is 5.41 Å². The van der Waals surface area contributed by atoms with Gasteiger partial charge in [-0.3, -0.25) is 0 Å². The van der Waals surface area contributed by atoms with Gasteiger partial charge in [-0.2, -0.15) is 0 Å². The maximum atomic E-state index is 6.36. The molecular weight excluding hydrogens is 234 g/mol. The summed E-state index contributed by atoms with van der Waals surface area (Å²) in [5.74, 6) is 0. The second-order valence-corrected chi connectivity index (χ2v) is 5.85. The molecule has 1 aromatic heterocycles. The summed E-state index contributed by atoms with van der Waals surface area (Å²) in [6.07, 6.45) is 4.89. The number of aromatic nitrogens is 2. The van der Waals surface area contributed by atoms with Crippen molar-refractivity contribution in [2.24, 2.45) is 11.1 Å². The van der Waals surface area contributed by atoms with Crippen LogP contribution >= 0.6 is 0 Å². The van der Waals surface area contributed by atoms with E-state index in [0.29, 0.717) is 0 Å². The fourth-order valence-corrected chi connectivity index (χ4v) is 2.13. The van der Waals surface area contributed by atoms with E-state index in [0.717, 1.165) is 24.2 Å². The maximum absolute atomic E-state index is 6.36. The van der Waals surface area contributed by atoms with Gasteiger partial charge in [-0.05, 0) is 17.4 Å². The first kappa shape index (κ1) is 13.8. The number of hydrogen-bond donors (Lipinski definition) is 1. The summed E-state index contributed by atoms with van der Waals surface area (Å²) in [5.41, 5.74) is 8.82. The molecule has 3 nitrogen and oxygen atoms in total. The minimum absolute atomic E-state index is 0.114. The Balaban J connectivity index is 2.25. The summed E-state index contributed by atoms with van der Waals surface area (Å²) in [5, 5.41) is 0. The predicted molar refractivity (Wildman–Crippen MR) is 78.8 cm³/mol. The molecule has 0 saturated heterocycles. The third-order valence-corrected chi connectivity index (χ3v) is 3.78. The van der Waals surface area contributed by atoms with Gasteiger partial charge in [0.2, 0.25) is 0 Å². The first-order valence-corrected chi connectivity index (χ1v) is 6.84. The number of rotatable bonds is 5. The van der Waals surface area contributed by atoms with Crippen LogP contribution in [-0.4, -0.2) is 9.55 Å². The monoisotopic (exact) mass is 257 g/mol. The molecule has 0 saturated carbocycles. The van der Waals surface area contributed by atoms with E-state index in [-0.39, 0.29) is 11.5 Å². The lowest BCUT2D eigenvalue weighted by molar-refractivity contribution is 0.289. The summed E-state index contributed by atoms with van der Waals surface area (Å²) in [7, 11) is 0. The number of imidazole rings is 1. The van der Waals surface area contributed by atoms with Gasteiger partial charge in [0.15, 0.2) is 0 Å². The third kappa shape index (κ3) is 3.24. The largest absolute Gasteiger partial charge is 0.332 e. The lowest BCUT2D eigenvalue weighted by Crippen LogP contribution is -2.23. The minimum Gasteiger partial charge on any atom is -0.332 e. The summed E-state index contributed by atoms with van der Waals surface area (Å²) in [6.45, 7) is 7.70. The van der Waals surface area contributed by atoms with Gasteiger partial charge >= 0.3 is 0 Å². The van der Waals surface area contributed by atoms with E-state index in [1.807, 2.05) is 30.7 Å². The van der Waals surface area contributed by atoms with Gasteiger partial charge in [0.25, 0.3) is 0 Å². The first-order valence-electron chi connectivity index (χ1n) is 6.84. The van der Waals surface area contributed by atoms with Gasteiger partial charge in [-0.1, -0.05) is 51.1 Å². The van der Waals surface area contributed by atoms with Crippen LogP contribution in [0.2, 0.25) is 0 Å². The standard InChI is InChI=1S/C16H23N3/c1-4-16(2,3)11-19-12-18-10-14(19)15(17)13-8-6-5-7-9-13/h5-10,12,15H,4,11,17H2,1-3H3. The van der Waals surface area contributed by atoms with Crippen LogP contribution in [-0.2, 0) is 6.54 Å². The van der Waals surface area contributed by atoms with Crippen LogP contribution in [0.15, 0.2) is 42.9 Å². The molecule has 2 rings (SSSR count). The third-order valence-electron chi connectivity index (χ3n) is 3.78. The van der Waals surface area contributed by atoms with Crippen LogP contribution < -0.4 is 5.73 Å². The molecule has 0 bridgehead atoms. The molecule has 1 atom stereocenters. The van der Waals surface area contributed by atoms with Crippen molar-refractivity contribution in [3.05, 3.63) is 54.1 Å². The molecule has 0 aliphatic carbocycles. The first-order chi connectivity index (χ1) is 9.03. The highest BCUT2D eigenvalue weighted by Gasteiger charge is 2.20. The van der Waals surface area contributed by atoms with Crippen LogP contribution in [0.1, 0.15) is 44.5 Å². The highest BCUT2D eigenvalue weighted by Crippen LogP contribution is 2.26. The maximum Gasteiger partial charge on any atom is 0.0948 e. The van der Waals surface area contributed by atoms with Crippen molar-refractivity contribution < 1.29 is 0 Å². The van der Waals surface area contributed by atoms with E-state index in [2.05, 4.69) is 42.5 Å². The van der Waals surface area contributed by atoms with Gasteiger partial charge in [-0.25, -0.2) is 4.98 Å². The summed E-state index contributed by atoms with van der Waals surface area (Å²) in [6, 6.07) is 10.1. The SMILES string of the molecule is CCC(C)(C)Cn1cncc1C(N)c1ccccc1. The van der Waals surface area contributed by atoms with Gasteiger partial charge in [-0.15, -0.1) is 0 Å². The molecule has 0 aliphatic heterocycles. The Morgan fingerprint density at radius 1 is 1.26 bits per heavy atom. The smallest absolute Gasteiger partial charge is 0.0948 e. The van der Waals surface area contributed by atoms with E-state index < -0.39 is 0 Å². The fraction of sp³-hybridized carbons (Fsp3) is 0.438. The molecule has 3 heteroatoms. The minimum atomic E-state index is -0.114. The van der Waals surface area contributed by atoms with Crippen LogP contribution in [0.4, 0.5) is 0 Å². The van der Waals surface area contributed by atoms with E-state index in [1.165, 1.54) is 0 Å². The number of hydrogen-bond acceptors (Lipinski definition) is 2. The second kappa shape index (κ2) is 5.57. The Morgan fingerprint density at radius 2 is 1.95 bits per heavy atom. The molecule has 1 heterocycles. The topological polar surface area (TPSA) is 43.8 Å². The number of nitrogens with zero attached hydrogens (tertiary/aromatic N) is 2. The number of nitrogens with two attached hydrogens (primary N) is 1. The highest BCUT2D eigenvalue weighted by atomic mass is 15.1. The number of benzene rings is 1. The normalized spacial score (nSPS) is 13.5. The molecule has 102 valence electrons. The van der Waals surface area contributed by atoms with Crippen molar-refractivity contribution in [1.82, 2.24) is 9.55 Å². The van der Waals surface area contributed by atoms with E-state index in [4.69, 9.17) is 5.73 Å². The summed E-state index contributed by atoms with van der Waals surface area (Å²) >= 11 is 0. The van der Waals surface area contributed by atoms with E-state index in [9.17, 15) is 0 Å². The molecule has 0 amide bonds. The molecule has 2 aromatic rings. The summed E-state index contributed by atoms with van der Waals surface area (Å²) in [4.78, 5) is 4.27. The Hall–Kier alpha value is -1.61. The van der Waals surface area contributed by atoms with Crippen LogP contribution in [0.25, 0.3) is 0 Å². The average molecular weight is 257 g/mol. The highest BCUT2D eigenvalue weighted by molar-refractivity contribution is 5.26. The van der Waals surface area contributed by atoms with Crippen molar-refractivity contribution in [1.29, 1.82) is 0 Å². The zero-order valence-corrected chi connectivity index (χ0v) is 12.0.